The van der Waals surface area contributed by atoms with Crippen LogP contribution >= 0.6 is 0 Å². The largest absolute Gasteiger partial charge is 0.478 e. The highest BCUT2D eigenvalue weighted by molar-refractivity contribution is 5.97. The second-order valence-corrected chi connectivity index (χ2v) is 8.69. The molecule has 5 rings (SSSR count). The number of nitrogens with one attached hydrogen (secondary N) is 2. The van der Waals surface area contributed by atoms with Crippen LogP contribution in [-0.4, -0.2) is 27.0 Å². The molecular weight excluding hydrogens is 464 g/mol. The van der Waals surface area contributed by atoms with E-state index in [9.17, 15) is 14.7 Å². The molecule has 0 radical (unpaired) electrons. The van der Waals surface area contributed by atoms with Crippen molar-refractivity contribution in [1.82, 2.24) is 15.3 Å². The molecule has 7 heteroatoms. The van der Waals surface area contributed by atoms with Gasteiger partial charge in [-0.25, -0.2) is 9.78 Å². The Morgan fingerprint density at radius 2 is 1.59 bits per heavy atom. The van der Waals surface area contributed by atoms with Gasteiger partial charge in [0, 0.05) is 29.7 Å². The molecule has 3 N–H and O–H groups in total. The van der Waals surface area contributed by atoms with Gasteiger partial charge in [0.05, 0.1) is 22.3 Å². The highest BCUT2D eigenvalue weighted by atomic mass is 16.4. The Balaban J connectivity index is 1.24. The standard InChI is InChI=1S/C30H24N4O3/c1-19-17-31-28-16-23(10-13-27(28)33-19)29(35)32-18-20-4-2-5-22(14-20)21-8-11-25(12-9-21)34-26-7-3-6-24(15-26)30(36)37/h2-17,34H,18H2,1H3,(H,32,35)(H,36,37). The quantitative estimate of drug-likeness (QED) is 0.260. The fourth-order valence-corrected chi connectivity index (χ4v) is 4.03. The fraction of sp³-hybridized carbons (Fsp3) is 0.0667. The summed E-state index contributed by atoms with van der Waals surface area (Å²) in [6.45, 7) is 2.28. The van der Waals surface area contributed by atoms with Crippen molar-refractivity contribution in [2.24, 2.45) is 0 Å². The van der Waals surface area contributed by atoms with Crippen LogP contribution in [0.3, 0.4) is 0 Å². The Morgan fingerprint density at radius 1 is 0.784 bits per heavy atom. The lowest BCUT2D eigenvalue weighted by Gasteiger charge is -2.10. The lowest BCUT2D eigenvalue weighted by atomic mass is 10.0. The minimum atomic E-state index is -0.961. The first kappa shape index (κ1) is 23.7. The van der Waals surface area contributed by atoms with Gasteiger partial charge in [-0.1, -0.05) is 36.4 Å². The molecule has 0 spiro atoms. The molecule has 1 amide bonds. The van der Waals surface area contributed by atoms with Crippen molar-refractivity contribution in [2.75, 3.05) is 5.32 Å². The number of hydrogen-bond donors (Lipinski definition) is 3. The molecule has 0 aliphatic rings. The second kappa shape index (κ2) is 10.3. The molecule has 7 nitrogen and oxygen atoms in total. The van der Waals surface area contributed by atoms with Crippen molar-refractivity contribution in [3.05, 3.63) is 120 Å². The zero-order valence-corrected chi connectivity index (χ0v) is 20.1. The highest BCUT2D eigenvalue weighted by Gasteiger charge is 2.09. The van der Waals surface area contributed by atoms with Gasteiger partial charge in [-0.05, 0) is 78.2 Å². The number of carboxylic acid groups (broad SMARTS) is 1. The van der Waals surface area contributed by atoms with Gasteiger partial charge < -0.3 is 15.7 Å². The number of anilines is 2. The first-order chi connectivity index (χ1) is 17.9. The maximum atomic E-state index is 12.7. The number of carbonyl (C=O) groups is 2. The molecule has 0 unspecified atom stereocenters. The van der Waals surface area contributed by atoms with Gasteiger partial charge in [0.15, 0.2) is 0 Å². The summed E-state index contributed by atoms with van der Waals surface area (Å²) in [4.78, 5) is 32.7. The maximum absolute atomic E-state index is 12.7. The number of aromatic carboxylic acids is 1. The Bertz CT molecular complexity index is 1610. The average molecular weight is 489 g/mol. The number of fused-ring (bicyclic) bond motifs is 1. The van der Waals surface area contributed by atoms with Gasteiger partial charge in [0.1, 0.15) is 0 Å². The van der Waals surface area contributed by atoms with Gasteiger partial charge >= 0.3 is 5.97 Å². The fourth-order valence-electron chi connectivity index (χ4n) is 4.03. The lowest BCUT2D eigenvalue weighted by Crippen LogP contribution is -2.22. The summed E-state index contributed by atoms with van der Waals surface area (Å²) >= 11 is 0. The summed E-state index contributed by atoms with van der Waals surface area (Å²) in [5.41, 5.74) is 7.66. The van der Waals surface area contributed by atoms with Crippen molar-refractivity contribution >= 4 is 34.3 Å². The maximum Gasteiger partial charge on any atom is 0.335 e. The SMILES string of the molecule is Cc1cnc2cc(C(=O)NCc3cccc(-c4ccc(Nc5cccc(C(=O)O)c5)cc4)c3)ccc2n1. The predicted octanol–water partition coefficient (Wildman–Crippen LogP) is 5.98. The number of carbonyl (C=O) groups excluding carboxylic acids is 1. The molecule has 0 atom stereocenters. The van der Waals surface area contributed by atoms with Crippen LogP contribution in [0.15, 0.2) is 97.2 Å². The topological polar surface area (TPSA) is 104 Å². The molecule has 0 aliphatic carbocycles. The van der Waals surface area contributed by atoms with Crippen molar-refractivity contribution in [2.45, 2.75) is 13.5 Å². The van der Waals surface area contributed by atoms with E-state index in [2.05, 4.69) is 20.6 Å². The van der Waals surface area contributed by atoms with Crippen molar-refractivity contribution in [3.63, 3.8) is 0 Å². The molecule has 0 fully saturated rings. The predicted molar refractivity (Wildman–Crippen MR) is 144 cm³/mol. The van der Waals surface area contributed by atoms with Gasteiger partial charge in [0.25, 0.3) is 5.91 Å². The molecule has 4 aromatic carbocycles. The summed E-state index contributed by atoms with van der Waals surface area (Å²) in [6, 6.07) is 27.9. The minimum Gasteiger partial charge on any atom is -0.478 e. The van der Waals surface area contributed by atoms with Crippen LogP contribution < -0.4 is 10.6 Å². The first-order valence-electron chi connectivity index (χ1n) is 11.8. The number of carboxylic acids is 1. The zero-order chi connectivity index (χ0) is 25.8. The van der Waals surface area contributed by atoms with Crippen LogP contribution in [0.1, 0.15) is 32.0 Å². The number of aromatic nitrogens is 2. The van der Waals surface area contributed by atoms with E-state index in [-0.39, 0.29) is 11.5 Å². The number of nitrogens with zero attached hydrogens (tertiary/aromatic N) is 2. The smallest absolute Gasteiger partial charge is 0.335 e. The van der Waals surface area contributed by atoms with E-state index in [1.165, 1.54) is 0 Å². The summed E-state index contributed by atoms with van der Waals surface area (Å²) in [7, 11) is 0. The van der Waals surface area contributed by atoms with E-state index in [1.54, 1.807) is 36.5 Å². The molecule has 5 aromatic rings. The summed E-state index contributed by atoms with van der Waals surface area (Å²) in [5.74, 6) is -1.13. The molecule has 1 heterocycles. The van der Waals surface area contributed by atoms with E-state index < -0.39 is 5.97 Å². The van der Waals surface area contributed by atoms with Gasteiger partial charge in [0.2, 0.25) is 0 Å². The third-order valence-corrected chi connectivity index (χ3v) is 5.92. The molecule has 1 aromatic heterocycles. The third kappa shape index (κ3) is 5.62. The monoisotopic (exact) mass is 488 g/mol. The highest BCUT2D eigenvalue weighted by Crippen LogP contribution is 2.25. The number of aryl methyl sites for hydroxylation is 1. The van der Waals surface area contributed by atoms with E-state index in [0.717, 1.165) is 33.6 Å². The molecule has 37 heavy (non-hydrogen) atoms. The number of benzene rings is 4. The van der Waals surface area contributed by atoms with Crippen molar-refractivity contribution in [1.29, 1.82) is 0 Å². The van der Waals surface area contributed by atoms with E-state index in [4.69, 9.17) is 0 Å². The zero-order valence-electron chi connectivity index (χ0n) is 20.1. The molecule has 0 aliphatic heterocycles. The number of hydrogen-bond acceptors (Lipinski definition) is 5. The molecule has 0 saturated heterocycles. The Labute approximate surface area is 213 Å². The number of amides is 1. The minimum absolute atomic E-state index is 0.169. The molecular formula is C30H24N4O3. The molecule has 182 valence electrons. The van der Waals surface area contributed by atoms with Crippen LogP contribution in [0.25, 0.3) is 22.2 Å². The van der Waals surface area contributed by atoms with Crippen LogP contribution in [0.4, 0.5) is 11.4 Å². The normalized spacial score (nSPS) is 10.7. The third-order valence-electron chi connectivity index (χ3n) is 5.92. The van der Waals surface area contributed by atoms with Gasteiger partial charge in [-0.2, -0.15) is 0 Å². The van der Waals surface area contributed by atoms with E-state index in [1.807, 2.05) is 67.6 Å². The number of rotatable bonds is 7. The Hall–Kier alpha value is -5.04. The Morgan fingerprint density at radius 3 is 2.41 bits per heavy atom. The van der Waals surface area contributed by atoms with Crippen LogP contribution in [0, 0.1) is 6.92 Å². The average Bonchev–Trinajstić information content (AvgIpc) is 2.92. The molecule has 0 saturated carbocycles. The van der Waals surface area contributed by atoms with Gasteiger partial charge in [-0.15, -0.1) is 0 Å². The van der Waals surface area contributed by atoms with Crippen LogP contribution in [0.2, 0.25) is 0 Å². The molecule has 0 bridgehead atoms. The van der Waals surface area contributed by atoms with Crippen molar-refractivity contribution < 1.29 is 14.7 Å². The van der Waals surface area contributed by atoms with Crippen molar-refractivity contribution in [3.8, 4) is 11.1 Å². The lowest BCUT2D eigenvalue weighted by molar-refractivity contribution is 0.0696. The summed E-state index contributed by atoms with van der Waals surface area (Å²) in [6.07, 6.45) is 1.69. The Kier molecular flexibility index (Phi) is 6.59. The van der Waals surface area contributed by atoms with E-state index in [0.29, 0.717) is 23.3 Å². The second-order valence-electron chi connectivity index (χ2n) is 8.69. The van der Waals surface area contributed by atoms with Crippen LogP contribution in [0.5, 0.6) is 0 Å². The van der Waals surface area contributed by atoms with Crippen LogP contribution in [-0.2, 0) is 6.54 Å². The first-order valence-corrected chi connectivity index (χ1v) is 11.8. The summed E-state index contributed by atoms with van der Waals surface area (Å²) < 4.78 is 0. The van der Waals surface area contributed by atoms with Gasteiger partial charge in [-0.3, -0.25) is 9.78 Å². The summed E-state index contributed by atoms with van der Waals surface area (Å²) in [5, 5.41) is 15.4. The van der Waals surface area contributed by atoms with E-state index >= 15 is 0 Å².